The molecule has 0 aromatic carbocycles. The highest BCUT2D eigenvalue weighted by Gasteiger charge is 2.29. The van der Waals surface area contributed by atoms with E-state index in [0.717, 1.165) is 0 Å². The van der Waals surface area contributed by atoms with Crippen molar-refractivity contribution in [1.29, 1.82) is 0 Å². The van der Waals surface area contributed by atoms with Gasteiger partial charge in [0.25, 0.3) is 0 Å². The van der Waals surface area contributed by atoms with Crippen LogP contribution in [-0.4, -0.2) is 52.8 Å². The second-order valence-electron chi connectivity index (χ2n) is 6.94. The lowest BCUT2D eigenvalue weighted by Gasteiger charge is -2.30. The van der Waals surface area contributed by atoms with Gasteiger partial charge in [-0.05, 0) is 40.0 Å². The lowest BCUT2D eigenvalue weighted by atomic mass is 10.0. The van der Waals surface area contributed by atoms with Crippen LogP contribution in [0.15, 0.2) is 0 Å². The number of hydrogen-bond donors (Lipinski definition) is 3. The summed E-state index contributed by atoms with van der Waals surface area (Å²) in [7, 11) is 1.54. The number of carbonyl (C=O) groups excluding carboxylic acids is 2. The average molecular weight is 331 g/mol. The second kappa shape index (κ2) is 8.71. The highest BCUT2D eigenvalue weighted by atomic mass is 16.6. The molecule has 0 aliphatic rings. The fourth-order valence-corrected chi connectivity index (χ4v) is 1.78. The molecule has 0 bridgehead atoms. The van der Waals surface area contributed by atoms with Crippen LogP contribution in [0.3, 0.4) is 0 Å². The quantitative estimate of drug-likeness (QED) is 0.608. The maximum absolute atomic E-state index is 12.3. The number of hydrazine groups is 1. The van der Waals surface area contributed by atoms with E-state index >= 15 is 0 Å². The number of hydrogen-bond acceptors (Lipinski definition) is 5. The molecule has 2 atom stereocenters. The summed E-state index contributed by atoms with van der Waals surface area (Å²) < 4.78 is 5.15. The third kappa shape index (κ3) is 9.02. The molecule has 134 valence electrons. The standard InChI is InChI=1S/C15H29N3O5/c1-9(2)8-11(12(19)16-10(3)13(20)21)18(7)17-14(22)23-15(4,5)6/h9-11H,8H2,1-7H3,(H,16,19)(H,17,22)(H,20,21)/t10-,11-/m1/s1. The van der Waals surface area contributed by atoms with Crippen molar-refractivity contribution >= 4 is 18.0 Å². The zero-order valence-corrected chi connectivity index (χ0v) is 15.0. The second-order valence-corrected chi connectivity index (χ2v) is 6.94. The first-order valence-corrected chi connectivity index (χ1v) is 7.59. The van der Waals surface area contributed by atoms with Crippen LogP contribution in [0.5, 0.6) is 0 Å². The largest absolute Gasteiger partial charge is 0.480 e. The molecule has 0 heterocycles. The third-order valence-corrected chi connectivity index (χ3v) is 2.86. The number of nitrogens with zero attached hydrogens (tertiary/aromatic N) is 1. The van der Waals surface area contributed by atoms with Gasteiger partial charge in [0.1, 0.15) is 17.7 Å². The van der Waals surface area contributed by atoms with Crippen molar-refractivity contribution in [2.75, 3.05) is 7.05 Å². The SMILES string of the molecule is CC(C)C[C@H](C(=O)N[C@H](C)C(=O)O)N(C)NC(=O)OC(C)(C)C. The van der Waals surface area contributed by atoms with Crippen molar-refractivity contribution < 1.29 is 24.2 Å². The maximum atomic E-state index is 12.3. The topological polar surface area (TPSA) is 108 Å². The van der Waals surface area contributed by atoms with Gasteiger partial charge in [-0.3, -0.25) is 15.0 Å². The van der Waals surface area contributed by atoms with Crippen LogP contribution in [0.2, 0.25) is 0 Å². The number of carboxylic acid groups (broad SMARTS) is 1. The normalized spacial score (nSPS) is 14.3. The van der Waals surface area contributed by atoms with Gasteiger partial charge in [-0.2, -0.15) is 0 Å². The molecule has 3 N–H and O–H groups in total. The molecule has 0 spiro atoms. The van der Waals surface area contributed by atoms with E-state index in [-0.39, 0.29) is 5.92 Å². The van der Waals surface area contributed by atoms with Crippen LogP contribution in [0.1, 0.15) is 48.0 Å². The van der Waals surface area contributed by atoms with Crippen LogP contribution in [0, 0.1) is 5.92 Å². The molecule has 23 heavy (non-hydrogen) atoms. The number of likely N-dealkylation sites (N-methyl/N-ethyl adjacent to an activating group) is 1. The van der Waals surface area contributed by atoms with Crippen molar-refractivity contribution in [1.82, 2.24) is 15.8 Å². The van der Waals surface area contributed by atoms with Crippen molar-refractivity contribution in [3.63, 3.8) is 0 Å². The lowest BCUT2D eigenvalue weighted by molar-refractivity contribution is -0.142. The van der Waals surface area contributed by atoms with E-state index in [1.165, 1.54) is 11.9 Å². The monoisotopic (exact) mass is 331 g/mol. The van der Waals surface area contributed by atoms with Gasteiger partial charge in [0, 0.05) is 7.05 Å². The van der Waals surface area contributed by atoms with E-state index in [0.29, 0.717) is 6.42 Å². The Labute approximate surface area is 137 Å². The summed E-state index contributed by atoms with van der Waals surface area (Å²) in [5.41, 5.74) is 1.83. The van der Waals surface area contributed by atoms with Gasteiger partial charge in [0.05, 0.1) is 0 Å². The Morgan fingerprint density at radius 3 is 2.09 bits per heavy atom. The van der Waals surface area contributed by atoms with Gasteiger partial charge >= 0.3 is 12.1 Å². The molecule has 0 saturated heterocycles. The fraction of sp³-hybridized carbons (Fsp3) is 0.800. The molecular weight excluding hydrogens is 302 g/mol. The van der Waals surface area contributed by atoms with Crippen LogP contribution >= 0.6 is 0 Å². The molecule has 0 radical (unpaired) electrons. The Morgan fingerprint density at radius 1 is 1.17 bits per heavy atom. The summed E-state index contributed by atoms with van der Waals surface area (Å²) in [5, 5.41) is 12.6. The van der Waals surface area contributed by atoms with E-state index in [9.17, 15) is 14.4 Å². The van der Waals surface area contributed by atoms with E-state index in [2.05, 4.69) is 10.7 Å². The predicted molar refractivity (Wildman–Crippen MR) is 85.6 cm³/mol. The molecular formula is C15H29N3O5. The Bertz CT molecular complexity index is 431. The number of amides is 2. The van der Waals surface area contributed by atoms with Crippen LogP contribution < -0.4 is 10.7 Å². The first-order valence-electron chi connectivity index (χ1n) is 7.59. The number of rotatable bonds is 7. The number of carbonyl (C=O) groups is 3. The molecule has 2 amide bonds. The van der Waals surface area contributed by atoms with E-state index in [4.69, 9.17) is 9.84 Å². The molecule has 0 saturated carbocycles. The molecule has 0 fully saturated rings. The first kappa shape index (κ1) is 21.2. The van der Waals surface area contributed by atoms with Crippen molar-refractivity contribution in [2.45, 2.75) is 65.6 Å². The van der Waals surface area contributed by atoms with E-state index in [1.54, 1.807) is 27.8 Å². The van der Waals surface area contributed by atoms with Crippen LogP contribution in [0.4, 0.5) is 4.79 Å². The van der Waals surface area contributed by atoms with Crippen molar-refractivity contribution in [3.8, 4) is 0 Å². The minimum Gasteiger partial charge on any atom is -0.480 e. The molecule has 0 rings (SSSR count). The minimum absolute atomic E-state index is 0.175. The van der Waals surface area contributed by atoms with E-state index < -0.39 is 35.7 Å². The third-order valence-electron chi connectivity index (χ3n) is 2.86. The zero-order valence-electron chi connectivity index (χ0n) is 15.0. The van der Waals surface area contributed by atoms with Gasteiger partial charge in [-0.1, -0.05) is 13.8 Å². The Hall–Kier alpha value is -1.83. The number of ether oxygens (including phenoxy) is 1. The smallest absolute Gasteiger partial charge is 0.422 e. The summed E-state index contributed by atoms with van der Waals surface area (Å²) in [6, 6.07) is -1.71. The summed E-state index contributed by atoms with van der Waals surface area (Å²) in [6.45, 7) is 10.5. The lowest BCUT2D eigenvalue weighted by Crippen LogP contribution is -2.55. The number of carboxylic acids is 1. The average Bonchev–Trinajstić information content (AvgIpc) is 2.32. The first-order chi connectivity index (χ1) is 10.3. The van der Waals surface area contributed by atoms with E-state index in [1.807, 2.05) is 13.8 Å². The summed E-state index contributed by atoms with van der Waals surface area (Å²) in [5.74, 6) is -1.41. The number of aliphatic carboxylic acids is 1. The number of nitrogens with one attached hydrogen (secondary N) is 2. The maximum Gasteiger partial charge on any atom is 0.422 e. The zero-order chi connectivity index (χ0) is 18.4. The van der Waals surface area contributed by atoms with Gasteiger partial charge in [0.2, 0.25) is 5.91 Å². The highest BCUT2D eigenvalue weighted by Crippen LogP contribution is 2.11. The molecule has 0 aromatic rings. The summed E-state index contributed by atoms with van der Waals surface area (Å²) in [6.07, 6.45) is -0.224. The van der Waals surface area contributed by atoms with Gasteiger partial charge < -0.3 is 15.2 Å². The van der Waals surface area contributed by atoms with Crippen molar-refractivity contribution in [2.24, 2.45) is 5.92 Å². The molecule has 0 aliphatic carbocycles. The Morgan fingerprint density at radius 2 is 1.70 bits per heavy atom. The van der Waals surface area contributed by atoms with Crippen LogP contribution in [-0.2, 0) is 14.3 Å². The molecule has 8 nitrogen and oxygen atoms in total. The van der Waals surface area contributed by atoms with Gasteiger partial charge in [0.15, 0.2) is 0 Å². The molecule has 0 aliphatic heterocycles. The Balaban J connectivity index is 4.91. The molecule has 0 aromatic heterocycles. The highest BCUT2D eigenvalue weighted by molar-refractivity contribution is 5.86. The summed E-state index contributed by atoms with van der Waals surface area (Å²) in [4.78, 5) is 35.0. The minimum atomic E-state index is -1.12. The predicted octanol–water partition coefficient (Wildman–Crippen LogP) is 1.36. The Kier molecular flexibility index (Phi) is 8.02. The van der Waals surface area contributed by atoms with Crippen molar-refractivity contribution in [3.05, 3.63) is 0 Å². The van der Waals surface area contributed by atoms with Gasteiger partial charge in [-0.25, -0.2) is 9.80 Å². The fourth-order valence-electron chi connectivity index (χ4n) is 1.78. The molecule has 0 unspecified atom stereocenters. The van der Waals surface area contributed by atoms with Crippen LogP contribution in [0.25, 0.3) is 0 Å². The molecule has 8 heteroatoms. The van der Waals surface area contributed by atoms with Gasteiger partial charge in [-0.15, -0.1) is 0 Å². The summed E-state index contributed by atoms with van der Waals surface area (Å²) >= 11 is 0.